The molecule has 1 aromatic rings. The molecule has 3 saturated heterocycles. The van der Waals surface area contributed by atoms with Gasteiger partial charge in [-0.3, -0.25) is 9.59 Å². The summed E-state index contributed by atoms with van der Waals surface area (Å²) in [6.07, 6.45) is 3.21. The molecular formula is C20H27N3O3. The Hall–Kier alpha value is -1.92. The molecule has 4 aliphatic heterocycles. The monoisotopic (exact) mass is 357 g/mol. The number of carbonyl (C=O) groups excluding carboxylic acids is 2. The number of nitrogens with one attached hydrogen (secondary N) is 1. The van der Waals surface area contributed by atoms with Crippen LogP contribution in [0.5, 0.6) is 0 Å². The van der Waals surface area contributed by atoms with Crippen molar-refractivity contribution in [1.82, 2.24) is 15.1 Å². The van der Waals surface area contributed by atoms with Gasteiger partial charge in [-0.15, -0.1) is 0 Å². The van der Waals surface area contributed by atoms with Gasteiger partial charge in [0.15, 0.2) is 0 Å². The molecule has 0 aromatic heterocycles. The van der Waals surface area contributed by atoms with Crippen molar-refractivity contribution in [1.29, 1.82) is 0 Å². The molecule has 0 aliphatic carbocycles. The maximum atomic E-state index is 12.3. The van der Waals surface area contributed by atoms with E-state index in [0.717, 1.165) is 26.1 Å². The standard InChI is InChI=1S/C20H27N3O3/c24-19(21-18-12-22-8-5-16(18)6-9-22)13-26-14-20(25)23-10-7-15-3-1-2-4-17(15)11-23/h1-4,16,18H,5-14H2,(H,21,24). The van der Waals surface area contributed by atoms with Crippen LogP contribution >= 0.6 is 0 Å². The van der Waals surface area contributed by atoms with Gasteiger partial charge < -0.3 is 19.9 Å². The molecule has 4 heterocycles. The number of benzene rings is 1. The van der Waals surface area contributed by atoms with Crippen LogP contribution in [-0.4, -0.2) is 67.0 Å². The zero-order valence-corrected chi connectivity index (χ0v) is 15.2. The predicted molar refractivity (Wildman–Crippen MR) is 97.5 cm³/mol. The smallest absolute Gasteiger partial charge is 0.248 e. The summed E-state index contributed by atoms with van der Waals surface area (Å²) in [4.78, 5) is 28.7. The van der Waals surface area contributed by atoms with Crippen LogP contribution in [0, 0.1) is 5.92 Å². The van der Waals surface area contributed by atoms with Crippen LogP contribution in [0.25, 0.3) is 0 Å². The highest BCUT2D eigenvalue weighted by Crippen LogP contribution is 2.27. The van der Waals surface area contributed by atoms with E-state index in [1.54, 1.807) is 0 Å². The molecule has 0 spiro atoms. The van der Waals surface area contributed by atoms with E-state index in [1.165, 1.54) is 24.0 Å². The highest BCUT2D eigenvalue weighted by atomic mass is 16.5. The highest BCUT2D eigenvalue weighted by molar-refractivity contribution is 5.80. The molecule has 0 radical (unpaired) electrons. The molecule has 3 fully saturated rings. The van der Waals surface area contributed by atoms with E-state index >= 15 is 0 Å². The zero-order valence-electron chi connectivity index (χ0n) is 15.2. The molecule has 1 atom stereocenters. The topological polar surface area (TPSA) is 61.9 Å². The molecule has 4 aliphatic rings. The summed E-state index contributed by atoms with van der Waals surface area (Å²) in [6, 6.07) is 8.46. The van der Waals surface area contributed by atoms with Crippen LogP contribution in [0.2, 0.25) is 0 Å². The maximum absolute atomic E-state index is 12.3. The van der Waals surface area contributed by atoms with E-state index in [9.17, 15) is 9.59 Å². The van der Waals surface area contributed by atoms with E-state index in [1.807, 2.05) is 17.0 Å². The second-order valence-corrected chi connectivity index (χ2v) is 7.64. The van der Waals surface area contributed by atoms with Crippen molar-refractivity contribution < 1.29 is 14.3 Å². The van der Waals surface area contributed by atoms with E-state index in [-0.39, 0.29) is 31.1 Å². The Kier molecular flexibility index (Phi) is 5.22. The van der Waals surface area contributed by atoms with Crippen LogP contribution in [-0.2, 0) is 27.3 Å². The number of nitrogens with zero attached hydrogens (tertiary/aromatic N) is 2. The molecule has 6 nitrogen and oxygen atoms in total. The lowest BCUT2D eigenvalue weighted by Gasteiger charge is -2.44. The Morgan fingerprint density at radius 1 is 1.08 bits per heavy atom. The Balaban J connectivity index is 1.19. The highest BCUT2D eigenvalue weighted by Gasteiger charge is 2.34. The van der Waals surface area contributed by atoms with Crippen molar-refractivity contribution in [2.75, 3.05) is 39.4 Å². The predicted octanol–water partition coefficient (Wildman–Crippen LogP) is 0.798. The first kappa shape index (κ1) is 17.5. The largest absolute Gasteiger partial charge is 0.362 e. The van der Waals surface area contributed by atoms with E-state index in [0.29, 0.717) is 19.0 Å². The second kappa shape index (κ2) is 7.76. The average molecular weight is 357 g/mol. The van der Waals surface area contributed by atoms with E-state index in [2.05, 4.69) is 22.3 Å². The lowest BCUT2D eigenvalue weighted by molar-refractivity contribution is -0.139. The Morgan fingerprint density at radius 3 is 2.58 bits per heavy atom. The van der Waals surface area contributed by atoms with Gasteiger partial charge in [-0.25, -0.2) is 0 Å². The summed E-state index contributed by atoms with van der Waals surface area (Å²) >= 11 is 0. The molecule has 5 rings (SSSR count). The number of rotatable bonds is 5. The Bertz CT molecular complexity index is 670. The molecule has 1 unspecified atom stereocenters. The second-order valence-electron chi connectivity index (χ2n) is 7.64. The number of hydrogen-bond donors (Lipinski definition) is 1. The maximum Gasteiger partial charge on any atom is 0.248 e. The number of ether oxygens (including phenoxy) is 1. The molecule has 1 aromatic carbocycles. The molecule has 140 valence electrons. The van der Waals surface area contributed by atoms with Crippen LogP contribution < -0.4 is 5.32 Å². The first-order valence-electron chi connectivity index (χ1n) is 9.63. The van der Waals surface area contributed by atoms with Crippen molar-refractivity contribution in [2.45, 2.75) is 31.8 Å². The molecule has 1 N–H and O–H groups in total. The fraction of sp³-hybridized carbons (Fsp3) is 0.600. The molecular weight excluding hydrogens is 330 g/mol. The number of carbonyl (C=O) groups is 2. The van der Waals surface area contributed by atoms with Crippen molar-refractivity contribution in [3.8, 4) is 0 Å². The van der Waals surface area contributed by atoms with Crippen LogP contribution in [0.4, 0.5) is 0 Å². The third kappa shape index (κ3) is 3.91. The number of fused-ring (bicyclic) bond motifs is 4. The third-order valence-electron chi connectivity index (χ3n) is 5.94. The van der Waals surface area contributed by atoms with Gasteiger partial charge in [0.2, 0.25) is 11.8 Å². The summed E-state index contributed by atoms with van der Waals surface area (Å²) < 4.78 is 5.40. The normalized spacial score (nSPS) is 27.1. The third-order valence-corrected chi connectivity index (χ3v) is 5.94. The van der Waals surface area contributed by atoms with Crippen LogP contribution in [0.1, 0.15) is 24.0 Å². The van der Waals surface area contributed by atoms with E-state index in [4.69, 9.17) is 4.74 Å². The molecule has 6 heteroatoms. The van der Waals surface area contributed by atoms with Crippen molar-refractivity contribution >= 4 is 11.8 Å². The van der Waals surface area contributed by atoms with Crippen LogP contribution in [0.15, 0.2) is 24.3 Å². The van der Waals surface area contributed by atoms with Crippen LogP contribution in [0.3, 0.4) is 0 Å². The summed E-state index contributed by atoms with van der Waals surface area (Å²) in [5.74, 6) is 0.440. The fourth-order valence-electron chi connectivity index (χ4n) is 4.41. The van der Waals surface area contributed by atoms with Gasteiger partial charge in [0.25, 0.3) is 0 Å². The van der Waals surface area contributed by atoms with Gasteiger partial charge >= 0.3 is 0 Å². The van der Waals surface area contributed by atoms with Gasteiger partial charge in [0.1, 0.15) is 13.2 Å². The molecule has 26 heavy (non-hydrogen) atoms. The fourth-order valence-corrected chi connectivity index (χ4v) is 4.41. The average Bonchev–Trinajstić information content (AvgIpc) is 2.68. The Morgan fingerprint density at radius 2 is 1.85 bits per heavy atom. The minimum absolute atomic E-state index is 0.0319. The van der Waals surface area contributed by atoms with Gasteiger partial charge in [-0.1, -0.05) is 24.3 Å². The molecule has 0 saturated carbocycles. The SMILES string of the molecule is O=C(COCC(=O)N1CCc2ccccc2C1)NC1CN2CCC1CC2. The minimum Gasteiger partial charge on any atom is -0.362 e. The van der Waals surface area contributed by atoms with Gasteiger partial charge in [-0.05, 0) is 49.4 Å². The van der Waals surface area contributed by atoms with Crippen molar-refractivity contribution in [2.24, 2.45) is 5.92 Å². The van der Waals surface area contributed by atoms with Crippen molar-refractivity contribution in [3.05, 3.63) is 35.4 Å². The first-order chi connectivity index (χ1) is 12.7. The number of piperidine rings is 3. The van der Waals surface area contributed by atoms with Crippen molar-refractivity contribution in [3.63, 3.8) is 0 Å². The molecule has 2 bridgehead atoms. The van der Waals surface area contributed by atoms with Gasteiger partial charge in [-0.2, -0.15) is 0 Å². The quantitative estimate of drug-likeness (QED) is 0.847. The number of amides is 2. The van der Waals surface area contributed by atoms with E-state index < -0.39 is 0 Å². The lowest BCUT2D eigenvalue weighted by Crippen LogP contribution is -2.57. The first-order valence-corrected chi connectivity index (χ1v) is 9.63. The number of hydrogen-bond acceptors (Lipinski definition) is 4. The molecule has 2 amide bonds. The summed E-state index contributed by atoms with van der Waals surface area (Å²) in [5, 5.41) is 3.09. The van der Waals surface area contributed by atoms with Gasteiger partial charge in [0, 0.05) is 25.7 Å². The minimum atomic E-state index is -0.111. The summed E-state index contributed by atoms with van der Waals surface area (Å²) in [5.41, 5.74) is 2.52. The zero-order chi connectivity index (χ0) is 17.9. The van der Waals surface area contributed by atoms with Gasteiger partial charge in [0.05, 0.1) is 0 Å². The Labute approximate surface area is 154 Å². The summed E-state index contributed by atoms with van der Waals surface area (Å²) in [7, 11) is 0. The lowest BCUT2D eigenvalue weighted by atomic mass is 9.84. The summed E-state index contributed by atoms with van der Waals surface area (Å²) in [6.45, 7) is 4.52.